The molecule has 3 heteroatoms. The summed E-state index contributed by atoms with van der Waals surface area (Å²) in [5, 5.41) is 3.50. The van der Waals surface area contributed by atoms with Gasteiger partial charge in [-0.2, -0.15) is 0 Å². The number of aryl methyl sites for hydroxylation is 1. The first-order valence-electron chi connectivity index (χ1n) is 11.1. The molecule has 162 valence electrons. The number of nitrogens with one attached hydrogen (secondary N) is 1. The van der Waals surface area contributed by atoms with Gasteiger partial charge in [-0.25, -0.2) is 0 Å². The minimum atomic E-state index is 0.240. The Morgan fingerprint density at radius 1 is 1.00 bits per heavy atom. The van der Waals surface area contributed by atoms with Gasteiger partial charge in [-0.05, 0) is 80.1 Å². The van der Waals surface area contributed by atoms with E-state index in [0.29, 0.717) is 13.0 Å². The Labute approximate surface area is 186 Å². The maximum Gasteiger partial charge on any atom is 0.129 e. The van der Waals surface area contributed by atoms with E-state index in [9.17, 15) is 4.79 Å². The number of hydrogen-bond donors (Lipinski definition) is 1. The molecule has 0 aromatic heterocycles. The molecule has 0 saturated carbocycles. The van der Waals surface area contributed by atoms with Crippen molar-refractivity contribution in [3.63, 3.8) is 0 Å². The van der Waals surface area contributed by atoms with Gasteiger partial charge in [-0.15, -0.1) is 0 Å². The lowest BCUT2D eigenvalue weighted by atomic mass is 9.97. The number of carbonyl (C=O) groups is 1. The zero-order valence-corrected chi connectivity index (χ0v) is 19.1. The number of rotatable bonds is 10. The summed E-state index contributed by atoms with van der Waals surface area (Å²) in [4.78, 5) is 11.1. The van der Waals surface area contributed by atoms with Crippen LogP contribution >= 0.6 is 0 Å². The molecule has 1 atom stereocenters. The first-order valence-corrected chi connectivity index (χ1v) is 11.1. The third-order valence-electron chi connectivity index (χ3n) is 5.77. The summed E-state index contributed by atoms with van der Waals surface area (Å²) in [6.45, 7) is 9.44. The molecule has 1 N–H and O–H groups in total. The topological polar surface area (TPSA) is 38.3 Å². The molecular formula is C28H33NO2. The number of carbonyl (C=O) groups excluding carboxylic acids is 1. The van der Waals surface area contributed by atoms with Crippen LogP contribution in [0.1, 0.15) is 55.0 Å². The van der Waals surface area contributed by atoms with Crippen LogP contribution < -0.4 is 10.1 Å². The standard InChI is InChI=1S/C28H33NO2/c1-20-18-25(23(4)29-17-9-10-21(2)30)15-16-28(20)31-19-26-13-8-14-27(22(26)3)24-11-6-5-7-12-24/h5-8,11-16,18,23,29H,9-10,17,19H2,1-4H3. The molecule has 0 heterocycles. The van der Waals surface area contributed by atoms with E-state index in [2.05, 4.69) is 86.8 Å². The Kier molecular flexibility index (Phi) is 8.02. The summed E-state index contributed by atoms with van der Waals surface area (Å²) >= 11 is 0. The van der Waals surface area contributed by atoms with Gasteiger partial charge in [-0.1, -0.05) is 60.7 Å². The molecule has 3 aromatic rings. The molecular weight excluding hydrogens is 382 g/mol. The van der Waals surface area contributed by atoms with Crippen molar-refractivity contribution in [2.45, 2.75) is 53.2 Å². The summed E-state index contributed by atoms with van der Waals surface area (Å²) in [5.74, 6) is 1.16. The van der Waals surface area contributed by atoms with Crippen molar-refractivity contribution in [1.82, 2.24) is 5.32 Å². The normalized spacial score (nSPS) is 11.9. The summed E-state index contributed by atoms with van der Waals surface area (Å²) in [6, 6.07) is 23.5. The van der Waals surface area contributed by atoms with Crippen LogP contribution in [0.4, 0.5) is 0 Å². The Balaban J connectivity index is 1.63. The minimum absolute atomic E-state index is 0.240. The average molecular weight is 416 g/mol. The highest BCUT2D eigenvalue weighted by atomic mass is 16.5. The highest BCUT2D eigenvalue weighted by molar-refractivity contribution is 5.75. The second-order valence-corrected chi connectivity index (χ2v) is 8.25. The maximum absolute atomic E-state index is 11.1. The third-order valence-corrected chi connectivity index (χ3v) is 5.77. The van der Waals surface area contributed by atoms with Gasteiger partial charge in [0.05, 0.1) is 0 Å². The van der Waals surface area contributed by atoms with Gasteiger partial charge in [0.1, 0.15) is 18.1 Å². The van der Waals surface area contributed by atoms with Gasteiger partial charge in [-0.3, -0.25) is 0 Å². The first-order chi connectivity index (χ1) is 15.0. The van der Waals surface area contributed by atoms with Crippen molar-refractivity contribution < 1.29 is 9.53 Å². The lowest BCUT2D eigenvalue weighted by Crippen LogP contribution is -2.20. The average Bonchev–Trinajstić information content (AvgIpc) is 2.77. The number of ketones is 1. The van der Waals surface area contributed by atoms with Crippen LogP contribution in [-0.4, -0.2) is 12.3 Å². The molecule has 0 aliphatic carbocycles. The summed E-state index contributed by atoms with van der Waals surface area (Å²) in [7, 11) is 0. The minimum Gasteiger partial charge on any atom is -0.489 e. The lowest BCUT2D eigenvalue weighted by Gasteiger charge is -2.17. The second kappa shape index (κ2) is 10.9. The fourth-order valence-electron chi connectivity index (χ4n) is 3.80. The van der Waals surface area contributed by atoms with Crippen LogP contribution in [0.5, 0.6) is 5.75 Å². The fourth-order valence-corrected chi connectivity index (χ4v) is 3.80. The van der Waals surface area contributed by atoms with Crippen molar-refractivity contribution in [2.75, 3.05) is 6.54 Å². The van der Waals surface area contributed by atoms with E-state index in [1.165, 1.54) is 27.8 Å². The molecule has 0 aliphatic rings. The molecule has 0 fully saturated rings. The molecule has 0 aliphatic heterocycles. The van der Waals surface area contributed by atoms with Crippen molar-refractivity contribution in [3.05, 3.63) is 89.0 Å². The number of benzene rings is 3. The van der Waals surface area contributed by atoms with E-state index in [-0.39, 0.29) is 11.8 Å². The zero-order valence-electron chi connectivity index (χ0n) is 19.1. The molecule has 0 saturated heterocycles. The van der Waals surface area contributed by atoms with E-state index in [1.807, 2.05) is 6.07 Å². The molecule has 0 amide bonds. The van der Waals surface area contributed by atoms with Crippen LogP contribution in [0.15, 0.2) is 66.7 Å². The van der Waals surface area contributed by atoms with Crippen molar-refractivity contribution >= 4 is 5.78 Å². The lowest BCUT2D eigenvalue weighted by molar-refractivity contribution is -0.117. The molecule has 3 rings (SSSR count). The Bertz CT molecular complexity index is 1010. The van der Waals surface area contributed by atoms with Gasteiger partial charge >= 0.3 is 0 Å². The Morgan fingerprint density at radius 2 is 1.77 bits per heavy atom. The van der Waals surface area contributed by atoms with E-state index >= 15 is 0 Å². The van der Waals surface area contributed by atoms with Crippen LogP contribution in [0.2, 0.25) is 0 Å². The molecule has 3 aromatic carbocycles. The highest BCUT2D eigenvalue weighted by Gasteiger charge is 2.10. The van der Waals surface area contributed by atoms with E-state index < -0.39 is 0 Å². The largest absolute Gasteiger partial charge is 0.489 e. The SMILES string of the molecule is CC(=O)CCCNC(C)c1ccc(OCc2cccc(-c3ccccc3)c2C)c(C)c1. The molecule has 0 radical (unpaired) electrons. The molecule has 3 nitrogen and oxygen atoms in total. The number of hydrogen-bond acceptors (Lipinski definition) is 3. The Morgan fingerprint density at radius 3 is 2.48 bits per heavy atom. The summed E-state index contributed by atoms with van der Waals surface area (Å²) < 4.78 is 6.20. The van der Waals surface area contributed by atoms with Crippen LogP contribution in [-0.2, 0) is 11.4 Å². The Hall–Kier alpha value is -2.91. The van der Waals surface area contributed by atoms with Crippen LogP contribution in [0, 0.1) is 13.8 Å². The van der Waals surface area contributed by atoms with E-state index in [4.69, 9.17) is 4.74 Å². The third kappa shape index (κ3) is 6.28. The summed E-state index contributed by atoms with van der Waals surface area (Å²) in [6.07, 6.45) is 1.51. The predicted octanol–water partition coefficient (Wildman–Crippen LogP) is 6.57. The van der Waals surface area contributed by atoms with Crippen molar-refractivity contribution in [1.29, 1.82) is 0 Å². The van der Waals surface area contributed by atoms with Crippen molar-refractivity contribution in [2.24, 2.45) is 0 Å². The predicted molar refractivity (Wildman–Crippen MR) is 128 cm³/mol. The van der Waals surface area contributed by atoms with Crippen molar-refractivity contribution in [3.8, 4) is 16.9 Å². The number of Topliss-reactive ketones (excluding diaryl/α,β-unsaturated/α-hetero) is 1. The first kappa shape index (κ1) is 22.8. The van der Waals surface area contributed by atoms with Gasteiger partial charge in [0.25, 0.3) is 0 Å². The maximum atomic E-state index is 11.1. The molecule has 0 spiro atoms. The van der Waals surface area contributed by atoms with Crippen LogP contribution in [0.3, 0.4) is 0 Å². The van der Waals surface area contributed by atoms with E-state index in [1.54, 1.807) is 6.92 Å². The quantitative estimate of drug-likeness (QED) is 0.381. The molecule has 0 bridgehead atoms. The summed E-state index contributed by atoms with van der Waals surface area (Å²) in [5.41, 5.74) is 7.30. The zero-order chi connectivity index (χ0) is 22.2. The van der Waals surface area contributed by atoms with Gasteiger partial charge in [0, 0.05) is 12.5 Å². The smallest absolute Gasteiger partial charge is 0.129 e. The molecule has 1 unspecified atom stereocenters. The fraction of sp³-hybridized carbons (Fsp3) is 0.321. The molecule has 31 heavy (non-hydrogen) atoms. The highest BCUT2D eigenvalue weighted by Crippen LogP contribution is 2.28. The second-order valence-electron chi connectivity index (χ2n) is 8.25. The monoisotopic (exact) mass is 415 g/mol. The number of ether oxygens (including phenoxy) is 1. The van der Waals surface area contributed by atoms with Crippen LogP contribution in [0.25, 0.3) is 11.1 Å². The van der Waals surface area contributed by atoms with Gasteiger partial charge in [0.15, 0.2) is 0 Å². The van der Waals surface area contributed by atoms with Gasteiger partial charge in [0.2, 0.25) is 0 Å². The van der Waals surface area contributed by atoms with Gasteiger partial charge < -0.3 is 14.8 Å². The van der Waals surface area contributed by atoms with E-state index in [0.717, 1.165) is 24.3 Å².